The lowest BCUT2D eigenvalue weighted by Crippen LogP contribution is -2.52. The molecule has 0 aliphatic rings. The van der Waals surface area contributed by atoms with E-state index in [4.69, 9.17) is 10.5 Å². The van der Waals surface area contributed by atoms with Gasteiger partial charge in [-0.1, -0.05) is 80.6 Å². The predicted molar refractivity (Wildman–Crippen MR) is 166 cm³/mol. The summed E-state index contributed by atoms with van der Waals surface area (Å²) >= 11 is 0. The minimum absolute atomic E-state index is 0.0281. The van der Waals surface area contributed by atoms with Crippen LogP contribution in [0.3, 0.4) is 0 Å². The van der Waals surface area contributed by atoms with E-state index in [1.54, 1.807) is 20.8 Å². The SMILES string of the molecule is CCCCCCCN(C(=O)C(CCC(N)=O)NC(=O)OC(C)(C)C)C(C(=O)Nc1ccccc1C)c1cccc(C)c1. The van der Waals surface area contributed by atoms with Crippen LogP contribution in [0.25, 0.3) is 0 Å². The summed E-state index contributed by atoms with van der Waals surface area (Å²) in [5.74, 6) is -1.45. The number of aryl methyl sites for hydroxylation is 2. The van der Waals surface area contributed by atoms with Crippen LogP contribution in [0.1, 0.15) is 95.4 Å². The number of alkyl carbamates (subject to hydrolysis) is 1. The number of unbranched alkanes of at least 4 members (excludes halogenated alkanes) is 4. The molecule has 0 aliphatic heterocycles. The number of carbonyl (C=O) groups is 4. The van der Waals surface area contributed by atoms with Crippen molar-refractivity contribution in [3.8, 4) is 0 Å². The molecule has 0 heterocycles. The van der Waals surface area contributed by atoms with E-state index in [1.807, 2.05) is 62.4 Å². The molecular formula is C33H48N4O5. The molecule has 2 atom stereocenters. The Morgan fingerprint density at radius 2 is 1.64 bits per heavy atom. The standard InChI is InChI=1S/C33H48N4O5/c1-7-8-9-10-13-21-37(31(40)27(19-20-28(34)38)36-32(41)42-33(4,5)6)29(25-17-14-15-23(2)22-25)30(39)35-26-18-12-11-16-24(26)3/h11-12,14-18,22,27,29H,7-10,13,19-21H2,1-6H3,(H2,34,38)(H,35,39)(H,36,41). The fourth-order valence-corrected chi connectivity index (χ4v) is 4.67. The maximum Gasteiger partial charge on any atom is 0.408 e. The summed E-state index contributed by atoms with van der Waals surface area (Å²) in [7, 11) is 0. The zero-order valence-corrected chi connectivity index (χ0v) is 26.0. The van der Waals surface area contributed by atoms with Crippen LogP contribution in [0.15, 0.2) is 48.5 Å². The second-order valence-corrected chi connectivity index (χ2v) is 11.8. The van der Waals surface area contributed by atoms with E-state index in [2.05, 4.69) is 17.6 Å². The Bertz CT molecular complexity index is 1210. The average molecular weight is 581 g/mol. The third kappa shape index (κ3) is 11.5. The van der Waals surface area contributed by atoms with Crippen molar-refractivity contribution in [2.24, 2.45) is 5.73 Å². The molecule has 0 bridgehead atoms. The number of nitrogens with two attached hydrogens (primary N) is 1. The fraction of sp³-hybridized carbons (Fsp3) is 0.515. The van der Waals surface area contributed by atoms with Crippen LogP contribution in [0.5, 0.6) is 0 Å². The van der Waals surface area contributed by atoms with Gasteiger partial charge >= 0.3 is 6.09 Å². The van der Waals surface area contributed by atoms with Gasteiger partial charge in [0.15, 0.2) is 0 Å². The van der Waals surface area contributed by atoms with Crippen molar-refractivity contribution in [3.63, 3.8) is 0 Å². The number of hydrogen-bond acceptors (Lipinski definition) is 5. The van der Waals surface area contributed by atoms with E-state index in [-0.39, 0.29) is 25.3 Å². The van der Waals surface area contributed by atoms with Gasteiger partial charge in [0.2, 0.25) is 11.8 Å². The second-order valence-electron chi connectivity index (χ2n) is 11.8. The first kappa shape index (κ1) is 34.3. The Kier molecular flexibility index (Phi) is 13.5. The molecule has 0 saturated carbocycles. The number of carbonyl (C=O) groups excluding carboxylic acids is 4. The second kappa shape index (κ2) is 16.5. The van der Waals surface area contributed by atoms with Crippen molar-refractivity contribution < 1.29 is 23.9 Å². The third-order valence-corrected chi connectivity index (χ3v) is 6.77. The molecule has 0 aliphatic carbocycles. The first-order valence-electron chi connectivity index (χ1n) is 14.8. The Morgan fingerprint density at radius 3 is 2.26 bits per heavy atom. The Hall–Kier alpha value is -3.88. The van der Waals surface area contributed by atoms with Gasteiger partial charge in [0, 0.05) is 18.7 Å². The number of ether oxygens (including phenoxy) is 1. The van der Waals surface area contributed by atoms with Crippen LogP contribution in [-0.4, -0.2) is 46.9 Å². The van der Waals surface area contributed by atoms with Crippen LogP contribution >= 0.6 is 0 Å². The van der Waals surface area contributed by atoms with Gasteiger partial charge in [-0.25, -0.2) is 4.79 Å². The predicted octanol–water partition coefficient (Wildman–Crippen LogP) is 5.94. The molecule has 4 N–H and O–H groups in total. The number of anilines is 1. The fourth-order valence-electron chi connectivity index (χ4n) is 4.67. The number of rotatable bonds is 15. The quantitative estimate of drug-likeness (QED) is 0.224. The molecular weight excluding hydrogens is 532 g/mol. The van der Waals surface area contributed by atoms with Crippen molar-refractivity contribution in [1.29, 1.82) is 0 Å². The van der Waals surface area contributed by atoms with Gasteiger partial charge in [-0.2, -0.15) is 0 Å². The maximum atomic E-state index is 14.3. The lowest BCUT2D eigenvalue weighted by molar-refractivity contribution is -0.141. The monoisotopic (exact) mass is 580 g/mol. The van der Waals surface area contributed by atoms with Crippen LogP contribution in [-0.2, 0) is 19.1 Å². The zero-order valence-electron chi connectivity index (χ0n) is 26.0. The van der Waals surface area contributed by atoms with Gasteiger partial charge in [0.25, 0.3) is 5.91 Å². The van der Waals surface area contributed by atoms with E-state index in [9.17, 15) is 19.2 Å². The summed E-state index contributed by atoms with van der Waals surface area (Å²) in [4.78, 5) is 54.4. The summed E-state index contributed by atoms with van der Waals surface area (Å²) in [5, 5.41) is 5.66. The van der Waals surface area contributed by atoms with Gasteiger partial charge in [0.05, 0.1) is 0 Å². The molecule has 42 heavy (non-hydrogen) atoms. The van der Waals surface area contributed by atoms with Crippen LogP contribution in [0, 0.1) is 13.8 Å². The number of primary amides is 1. The number of nitrogens with one attached hydrogen (secondary N) is 2. The lowest BCUT2D eigenvalue weighted by atomic mass is 9.99. The van der Waals surface area contributed by atoms with Crippen LogP contribution < -0.4 is 16.4 Å². The van der Waals surface area contributed by atoms with E-state index in [1.165, 1.54) is 4.90 Å². The van der Waals surface area contributed by atoms with E-state index in [0.29, 0.717) is 17.7 Å². The smallest absolute Gasteiger partial charge is 0.408 e. The van der Waals surface area contributed by atoms with Gasteiger partial charge in [-0.3, -0.25) is 14.4 Å². The Morgan fingerprint density at radius 1 is 0.952 bits per heavy atom. The molecule has 0 spiro atoms. The average Bonchev–Trinajstić information content (AvgIpc) is 2.90. The van der Waals surface area contributed by atoms with Crippen LogP contribution in [0.2, 0.25) is 0 Å². The molecule has 230 valence electrons. The highest BCUT2D eigenvalue weighted by Crippen LogP contribution is 2.27. The number of hydrogen-bond donors (Lipinski definition) is 3. The number of amides is 4. The first-order chi connectivity index (χ1) is 19.8. The maximum absolute atomic E-state index is 14.3. The van der Waals surface area contributed by atoms with Crippen molar-refractivity contribution in [2.45, 2.75) is 104 Å². The van der Waals surface area contributed by atoms with Crippen molar-refractivity contribution in [2.75, 3.05) is 11.9 Å². The summed E-state index contributed by atoms with van der Waals surface area (Å²) < 4.78 is 5.41. The zero-order chi connectivity index (χ0) is 31.3. The number of benzene rings is 2. The Labute approximate surface area is 250 Å². The third-order valence-electron chi connectivity index (χ3n) is 6.77. The van der Waals surface area contributed by atoms with Gasteiger partial charge < -0.3 is 26.0 Å². The van der Waals surface area contributed by atoms with Crippen LogP contribution in [0.4, 0.5) is 10.5 Å². The number of para-hydroxylation sites is 1. The van der Waals surface area contributed by atoms with Crippen molar-refractivity contribution in [1.82, 2.24) is 10.2 Å². The molecule has 0 aromatic heterocycles. The van der Waals surface area contributed by atoms with E-state index < -0.39 is 35.6 Å². The van der Waals surface area contributed by atoms with Crippen molar-refractivity contribution in [3.05, 3.63) is 65.2 Å². The normalized spacial score (nSPS) is 12.6. The molecule has 0 fully saturated rings. The highest BCUT2D eigenvalue weighted by molar-refractivity contribution is 5.99. The summed E-state index contributed by atoms with van der Waals surface area (Å²) in [6, 6.07) is 12.8. The highest BCUT2D eigenvalue weighted by Gasteiger charge is 2.36. The summed E-state index contributed by atoms with van der Waals surface area (Å²) in [5.41, 5.74) is 7.74. The van der Waals surface area contributed by atoms with E-state index >= 15 is 0 Å². The van der Waals surface area contributed by atoms with Gasteiger partial charge in [-0.15, -0.1) is 0 Å². The summed E-state index contributed by atoms with van der Waals surface area (Å²) in [6.45, 7) is 11.4. The number of nitrogens with zero attached hydrogens (tertiary/aromatic N) is 1. The molecule has 9 heteroatoms. The first-order valence-corrected chi connectivity index (χ1v) is 14.8. The molecule has 2 rings (SSSR count). The van der Waals surface area contributed by atoms with E-state index in [0.717, 1.165) is 36.8 Å². The molecule has 4 amide bonds. The molecule has 9 nitrogen and oxygen atoms in total. The molecule has 2 aromatic rings. The molecule has 0 radical (unpaired) electrons. The Balaban J connectivity index is 2.55. The topological polar surface area (TPSA) is 131 Å². The largest absolute Gasteiger partial charge is 0.444 e. The molecule has 2 unspecified atom stereocenters. The molecule has 2 aromatic carbocycles. The van der Waals surface area contributed by atoms with Gasteiger partial charge in [0.1, 0.15) is 17.7 Å². The van der Waals surface area contributed by atoms with Crippen molar-refractivity contribution >= 4 is 29.5 Å². The van der Waals surface area contributed by atoms with Gasteiger partial charge in [-0.05, 0) is 64.7 Å². The lowest BCUT2D eigenvalue weighted by Gasteiger charge is -2.35. The minimum atomic E-state index is -1.12. The highest BCUT2D eigenvalue weighted by atomic mass is 16.6. The molecule has 0 saturated heterocycles. The summed E-state index contributed by atoms with van der Waals surface area (Å²) in [6.07, 6.45) is 3.76. The minimum Gasteiger partial charge on any atom is -0.444 e.